The lowest BCUT2D eigenvalue weighted by Gasteiger charge is -2.33. The van der Waals surface area contributed by atoms with Gasteiger partial charge in [-0.25, -0.2) is 9.78 Å². The van der Waals surface area contributed by atoms with Gasteiger partial charge in [-0.15, -0.1) is 0 Å². The van der Waals surface area contributed by atoms with E-state index in [9.17, 15) is 9.59 Å². The smallest absolute Gasteiger partial charge is 0.330 e. The van der Waals surface area contributed by atoms with Gasteiger partial charge in [-0.2, -0.15) is 0 Å². The first-order valence-corrected chi connectivity index (χ1v) is 10.4. The normalized spacial score (nSPS) is 18.0. The number of likely N-dealkylation sites (N-methyl/N-ethyl adjacent to an activating group) is 1. The van der Waals surface area contributed by atoms with Gasteiger partial charge in [0.2, 0.25) is 0 Å². The number of imidazole rings is 1. The molecule has 1 saturated heterocycles. The van der Waals surface area contributed by atoms with Crippen molar-refractivity contribution in [1.82, 2.24) is 24.3 Å². The highest BCUT2D eigenvalue weighted by molar-refractivity contribution is 5.96. The van der Waals surface area contributed by atoms with Crippen LogP contribution in [0.1, 0.15) is 45.2 Å². The van der Waals surface area contributed by atoms with E-state index >= 15 is 0 Å². The van der Waals surface area contributed by atoms with Gasteiger partial charge in [-0.05, 0) is 36.5 Å². The van der Waals surface area contributed by atoms with Gasteiger partial charge in [-0.3, -0.25) is 13.9 Å². The van der Waals surface area contributed by atoms with Crippen molar-refractivity contribution in [2.75, 3.05) is 20.1 Å². The Labute approximate surface area is 177 Å². The second-order valence-electron chi connectivity index (χ2n) is 9.15. The number of hydrogen-bond acceptors (Lipinski definition) is 5. The number of carbonyl (C=O) groups is 1. The molecule has 8 heteroatoms. The van der Waals surface area contributed by atoms with Crippen molar-refractivity contribution >= 4 is 23.3 Å². The first-order valence-electron chi connectivity index (χ1n) is 10.4. The molecule has 1 aliphatic rings. The van der Waals surface area contributed by atoms with Gasteiger partial charge in [-0.1, -0.05) is 20.8 Å². The van der Waals surface area contributed by atoms with Crippen LogP contribution in [0.3, 0.4) is 0 Å². The van der Waals surface area contributed by atoms with Gasteiger partial charge in [0.1, 0.15) is 5.70 Å². The van der Waals surface area contributed by atoms with Crippen molar-refractivity contribution in [3.63, 3.8) is 0 Å². The van der Waals surface area contributed by atoms with Crippen LogP contribution in [-0.2, 0) is 18.4 Å². The molecule has 0 spiro atoms. The van der Waals surface area contributed by atoms with Crippen LogP contribution in [0.5, 0.6) is 0 Å². The van der Waals surface area contributed by atoms with Gasteiger partial charge in [0, 0.05) is 51.6 Å². The summed E-state index contributed by atoms with van der Waals surface area (Å²) in [7, 11) is 3.45. The second-order valence-corrected chi connectivity index (χ2v) is 9.15. The molecular weight excluding hydrogens is 380 g/mol. The zero-order valence-electron chi connectivity index (χ0n) is 18.5. The fourth-order valence-corrected chi connectivity index (χ4v) is 4.06. The molecule has 0 bridgehead atoms. The Morgan fingerprint density at radius 3 is 2.73 bits per heavy atom. The van der Waals surface area contributed by atoms with Crippen molar-refractivity contribution < 1.29 is 4.79 Å². The van der Waals surface area contributed by atoms with E-state index in [2.05, 4.69) is 26.1 Å². The number of carbonyl (C=O) groups excluding carboxylic acids is 1. The molecule has 1 aliphatic heterocycles. The third kappa shape index (κ3) is 4.32. The number of aromatic nitrogens is 3. The predicted octanol–water partition coefficient (Wildman–Crippen LogP) is 2.24. The van der Waals surface area contributed by atoms with Crippen LogP contribution >= 0.6 is 0 Å². The molecule has 1 unspecified atom stereocenters. The number of pyridine rings is 1. The van der Waals surface area contributed by atoms with Crippen LogP contribution in [0.4, 0.5) is 0 Å². The van der Waals surface area contributed by atoms with Crippen LogP contribution < -0.4 is 11.0 Å². The Morgan fingerprint density at radius 2 is 2.10 bits per heavy atom. The van der Waals surface area contributed by atoms with Gasteiger partial charge in [0.15, 0.2) is 5.65 Å². The Bertz CT molecular complexity index is 1040. The number of aryl methyl sites for hydroxylation is 1. The maximum Gasteiger partial charge on any atom is 0.330 e. The molecule has 1 atom stereocenters. The summed E-state index contributed by atoms with van der Waals surface area (Å²) in [6, 6.07) is 3.98. The monoisotopic (exact) mass is 412 g/mol. The molecule has 0 aliphatic carbocycles. The van der Waals surface area contributed by atoms with E-state index < -0.39 is 0 Å². The average molecular weight is 413 g/mol. The summed E-state index contributed by atoms with van der Waals surface area (Å²) in [5, 5.41) is 10.1. The standard InChI is InChI=1S/C22H32N6O2/c1-22(2,3)14-28-18-9-8-16(25-19(18)26(5)21(28)30)15-7-6-12-27(13-15)20(29)17(24-4)10-11-23/h8-11,15,23-24H,6-7,12-14H2,1-5H3/b17-10-,23-11?. The number of nitrogens with one attached hydrogen (secondary N) is 2. The number of likely N-dealkylation sites (tertiary alicyclic amines) is 1. The fourth-order valence-electron chi connectivity index (χ4n) is 4.06. The van der Waals surface area contributed by atoms with Gasteiger partial charge in [0.25, 0.3) is 5.91 Å². The van der Waals surface area contributed by atoms with Crippen LogP contribution in [0, 0.1) is 10.8 Å². The molecule has 0 aromatic carbocycles. The van der Waals surface area contributed by atoms with Crippen LogP contribution in [-0.4, -0.2) is 51.3 Å². The molecule has 1 amide bonds. The zero-order chi connectivity index (χ0) is 22.1. The van der Waals surface area contributed by atoms with Gasteiger partial charge in [0.05, 0.1) is 5.52 Å². The minimum Gasteiger partial charge on any atom is -0.384 e. The molecule has 30 heavy (non-hydrogen) atoms. The first-order chi connectivity index (χ1) is 14.2. The number of rotatable bonds is 5. The third-order valence-electron chi connectivity index (χ3n) is 5.51. The third-order valence-corrected chi connectivity index (χ3v) is 5.51. The van der Waals surface area contributed by atoms with E-state index in [-0.39, 0.29) is 22.9 Å². The van der Waals surface area contributed by atoms with E-state index in [1.165, 1.54) is 6.08 Å². The molecule has 8 nitrogen and oxygen atoms in total. The lowest BCUT2D eigenvalue weighted by molar-refractivity contribution is -0.128. The SMILES string of the molecule is CN/C(=C\C=N)C(=O)N1CCCC(c2ccc3c(n2)n(C)c(=O)n3CC(C)(C)C)C1. The summed E-state index contributed by atoms with van der Waals surface area (Å²) in [6.07, 6.45) is 4.43. The molecular formula is C22H32N6O2. The van der Waals surface area contributed by atoms with Crippen molar-refractivity contribution in [3.05, 3.63) is 40.1 Å². The van der Waals surface area contributed by atoms with Gasteiger partial charge < -0.3 is 15.6 Å². The summed E-state index contributed by atoms with van der Waals surface area (Å²) in [5.41, 5.74) is 2.78. The topological polar surface area (TPSA) is 96.0 Å². The Kier molecular flexibility index (Phi) is 6.14. The average Bonchev–Trinajstić information content (AvgIpc) is 2.95. The largest absolute Gasteiger partial charge is 0.384 e. The number of piperidine rings is 1. The maximum absolute atomic E-state index is 12.8. The van der Waals surface area contributed by atoms with E-state index in [1.54, 1.807) is 23.2 Å². The lowest BCUT2D eigenvalue weighted by Crippen LogP contribution is -2.42. The summed E-state index contributed by atoms with van der Waals surface area (Å²) in [4.78, 5) is 32.2. The zero-order valence-corrected chi connectivity index (χ0v) is 18.5. The number of allylic oxidation sites excluding steroid dienone is 1. The maximum atomic E-state index is 12.8. The molecule has 2 N–H and O–H groups in total. The van der Waals surface area contributed by atoms with E-state index in [0.29, 0.717) is 31.0 Å². The van der Waals surface area contributed by atoms with E-state index in [1.807, 2.05) is 17.0 Å². The second kappa shape index (κ2) is 8.45. The highest BCUT2D eigenvalue weighted by atomic mass is 16.2. The first kappa shape index (κ1) is 21.8. The number of fused-ring (bicyclic) bond motifs is 1. The molecule has 0 radical (unpaired) electrons. The summed E-state index contributed by atoms with van der Waals surface area (Å²) >= 11 is 0. The van der Waals surface area contributed by atoms with Crippen molar-refractivity contribution in [1.29, 1.82) is 5.41 Å². The Hall–Kier alpha value is -2.90. The number of nitrogens with zero attached hydrogens (tertiary/aromatic N) is 4. The van der Waals surface area contributed by atoms with Crippen molar-refractivity contribution in [2.45, 2.75) is 46.1 Å². The minimum absolute atomic E-state index is 0.0178. The van der Waals surface area contributed by atoms with Crippen LogP contribution in [0.2, 0.25) is 0 Å². The van der Waals surface area contributed by atoms with Crippen molar-refractivity contribution in [2.24, 2.45) is 12.5 Å². The van der Waals surface area contributed by atoms with Crippen LogP contribution in [0.25, 0.3) is 11.2 Å². The number of hydrogen-bond donors (Lipinski definition) is 2. The Morgan fingerprint density at radius 1 is 1.37 bits per heavy atom. The molecule has 3 rings (SSSR count). The van der Waals surface area contributed by atoms with E-state index in [0.717, 1.165) is 30.3 Å². The molecule has 0 saturated carbocycles. The molecule has 3 heterocycles. The molecule has 2 aromatic rings. The predicted molar refractivity (Wildman–Crippen MR) is 119 cm³/mol. The summed E-state index contributed by atoms with van der Waals surface area (Å²) in [6.45, 7) is 8.22. The van der Waals surface area contributed by atoms with E-state index in [4.69, 9.17) is 10.4 Å². The lowest BCUT2D eigenvalue weighted by atomic mass is 9.94. The van der Waals surface area contributed by atoms with Crippen LogP contribution in [0.15, 0.2) is 28.7 Å². The highest BCUT2D eigenvalue weighted by Crippen LogP contribution is 2.28. The molecule has 1 fully saturated rings. The minimum atomic E-state index is -0.101. The quantitative estimate of drug-likeness (QED) is 0.581. The number of amides is 1. The van der Waals surface area contributed by atoms with Crippen molar-refractivity contribution in [3.8, 4) is 0 Å². The Balaban J connectivity index is 1.91. The summed E-state index contributed by atoms with van der Waals surface area (Å²) in [5.74, 6) is 0.0155. The highest BCUT2D eigenvalue weighted by Gasteiger charge is 2.28. The molecule has 2 aromatic heterocycles. The van der Waals surface area contributed by atoms with Gasteiger partial charge >= 0.3 is 5.69 Å². The molecule has 162 valence electrons. The summed E-state index contributed by atoms with van der Waals surface area (Å²) < 4.78 is 3.41. The fraction of sp³-hybridized carbons (Fsp3) is 0.545.